The van der Waals surface area contributed by atoms with E-state index in [1.807, 2.05) is 12.1 Å². The quantitative estimate of drug-likeness (QED) is 0.811. The van der Waals surface area contributed by atoms with Gasteiger partial charge in [0, 0.05) is 19.3 Å². The number of carbonyl (C=O) groups excluding carboxylic acids is 1. The fourth-order valence-electron chi connectivity index (χ4n) is 1.67. The van der Waals surface area contributed by atoms with Crippen LogP contribution in [0.5, 0.6) is 0 Å². The molecule has 4 heteroatoms. The Kier molecular flexibility index (Phi) is 3.84. The Balaban J connectivity index is 1.85. The summed E-state index contributed by atoms with van der Waals surface area (Å²) in [5.74, 6) is 0.792. The third-order valence-electron chi connectivity index (χ3n) is 3.36. The maximum atomic E-state index is 11.9. The standard InChI is InChI=1S/C14H21N3O/c1-3-8-15-12-5-4-11(9-16-12)13(18)17-10-14(2)6-7-14/h4-5,9H,3,6-8,10H2,1-2H3,(H,15,16)(H,17,18). The summed E-state index contributed by atoms with van der Waals surface area (Å²) >= 11 is 0. The van der Waals surface area contributed by atoms with Gasteiger partial charge in [0.05, 0.1) is 5.56 Å². The van der Waals surface area contributed by atoms with Crippen molar-refractivity contribution in [2.75, 3.05) is 18.4 Å². The van der Waals surface area contributed by atoms with Gasteiger partial charge in [0.25, 0.3) is 5.91 Å². The molecule has 2 rings (SSSR count). The van der Waals surface area contributed by atoms with Crippen molar-refractivity contribution in [2.45, 2.75) is 33.1 Å². The Labute approximate surface area is 108 Å². The minimum Gasteiger partial charge on any atom is -0.370 e. The maximum Gasteiger partial charge on any atom is 0.252 e. The van der Waals surface area contributed by atoms with Gasteiger partial charge >= 0.3 is 0 Å². The molecule has 0 aliphatic heterocycles. The summed E-state index contributed by atoms with van der Waals surface area (Å²) in [6, 6.07) is 3.67. The van der Waals surface area contributed by atoms with Gasteiger partial charge in [-0.2, -0.15) is 0 Å². The fourth-order valence-corrected chi connectivity index (χ4v) is 1.67. The molecule has 0 spiro atoms. The second-order valence-corrected chi connectivity index (χ2v) is 5.35. The van der Waals surface area contributed by atoms with Gasteiger partial charge in [0.15, 0.2) is 0 Å². The molecule has 1 aromatic heterocycles. The van der Waals surface area contributed by atoms with E-state index >= 15 is 0 Å². The highest BCUT2D eigenvalue weighted by atomic mass is 16.1. The van der Waals surface area contributed by atoms with Gasteiger partial charge in [-0.15, -0.1) is 0 Å². The number of hydrogen-bond donors (Lipinski definition) is 2. The second-order valence-electron chi connectivity index (χ2n) is 5.35. The number of anilines is 1. The first kappa shape index (κ1) is 12.9. The lowest BCUT2D eigenvalue weighted by Gasteiger charge is -2.10. The highest BCUT2D eigenvalue weighted by Crippen LogP contribution is 2.44. The summed E-state index contributed by atoms with van der Waals surface area (Å²) in [7, 11) is 0. The van der Waals surface area contributed by atoms with Gasteiger partial charge < -0.3 is 10.6 Å². The van der Waals surface area contributed by atoms with E-state index in [1.54, 1.807) is 6.20 Å². The average Bonchev–Trinajstić information content (AvgIpc) is 3.13. The number of rotatable bonds is 6. The van der Waals surface area contributed by atoms with Crippen LogP contribution < -0.4 is 10.6 Å². The summed E-state index contributed by atoms with van der Waals surface area (Å²) in [5.41, 5.74) is 0.965. The molecule has 1 amide bonds. The van der Waals surface area contributed by atoms with Crippen molar-refractivity contribution in [1.29, 1.82) is 0 Å². The zero-order valence-electron chi connectivity index (χ0n) is 11.1. The van der Waals surface area contributed by atoms with E-state index in [0.717, 1.165) is 25.3 Å². The van der Waals surface area contributed by atoms with E-state index < -0.39 is 0 Å². The molecule has 1 aliphatic carbocycles. The molecule has 18 heavy (non-hydrogen) atoms. The number of amides is 1. The SMILES string of the molecule is CCCNc1ccc(C(=O)NCC2(C)CC2)cn1. The normalized spacial score (nSPS) is 16.1. The Morgan fingerprint density at radius 3 is 2.78 bits per heavy atom. The predicted octanol–water partition coefficient (Wildman–Crippen LogP) is 2.43. The van der Waals surface area contributed by atoms with Crippen LogP contribution in [-0.2, 0) is 0 Å². The maximum absolute atomic E-state index is 11.9. The van der Waals surface area contributed by atoms with Gasteiger partial charge in [-0.1, -0.05) is 13.8 Å². The molecule has 1 aromatic rings. The molecule has 1 saturated carbocycles. The Morgan fingerprint density at radius 1 is 1.44 bits per heavy atom. The summed E-state index contributed by atoms with van der Waals surface area (Å²) in [5, 5.41) is 6.15. The smallest absolute Gasteiger partial charge is 0.252 e. The van der Waals surface area contributed by atoms with Crippen LogP contribution in [0.15, 0.2) is 18.3 Å². The molecule has 0 aromatic carbocycles. The number of hydrogen-bond acceptors (Lipinski definition) is 3. The van der Waals surface area contributed by atoms with Crippen LogP contribution in [0.25, 0.3) is 0 Å². The third kappa shape index (κ3) is 3.45. The minimum atomic E-state index is -0.0299. The number of nitrogens with one attached hydrogen (secondary N) is 2. The monoisotopic (exact) mass is 247 g/mol. The molecule has 4 nitrogen and oxygen atoms in total. The van der Waals surface area contributed by atoms with Crippen LogP contribution in [0.3, 0.4) is 0 Å². The van der Waals surface area contributed by atoms with Crippen molar-refractivity contribution in [2.24, 2.45) is 5.41 Å². The van der Waals surface area contributed by atoms with Crippen LogP contribution in [0.4, 0.5) is 5.82 Å². The van der Waals surface area contributed by atoms with E-state index in [1.165, 1.54) is 12.8 Å². The van der Waals surface area contributed by atoms with Gasteiger partial charge in [-0.05, 0) is 36.8 Å². The molecule has 2 N–H and O–H groups in total. The van der Waals surface area contributed by atoms with E-state index in [0.29, 0.717) is 11.0 Å². The molecule has 1 aliphatic rings. The number of carbonyl (C=O) groups is 1. The number of aromatic nitrogens is 1. The first-order chi connectivity index (χ1) is 8.63. The summed E-state index contributed by atoms with van der Waals surface area (Å²) in [6.45, 7) is 5.97. The molecule has 98 valence electrons. The minimum absolute atomic E-state index is 0.0299. The van der Waals surface area contributed by atoms with Crippen LogP contribution in [0.2, 0.25) is 0 Å². The summed E-state index contributed by atoms with van der Waals surface area (Å²) in [4.78, 5) is 16.1. The van der Waals surface area contributed by atoms with Crippen molar-refractivity contribution < 1.29 is 4.79 Å². The first-order valence-corrected chi connectivity index (χ1v) is 6.61. The lowest BCUT2D eigenvalue weighted by Crippen LogP contribution is -2.29. The molecular formula is C14H21N3O. The second kappa shape index (κ2) is 5.38. The Morgan fingerprint density at radius 2 is 2.22 bits per heavy atom. The van der Waals surface area contributed by atoms with Crippen molar-refractivity contribution >= 4 is 11.7 Å². The molecule has 0 atom stereocenters. The van der Waals surface area contributed by atoms with Gasteiger partial charge in [0.1, 0.15) is 5.82 Å². The van der Waals surface area contributed by atoms with Crippen LogP contribution in [0.1, 0.15) is 43.5 Å². The highest BCUT2D eigenvalue weighted by Gasteiger charge is 2.37. The molecule has 1 fully saturated rings. The highest BCUT2D eigenvalue weighted by molar-refractivity contribution is 5.94. The third-order valence-corrected chi connectivity index (χ3v) is 3.36. The van der Waals surface area contributed by atoms with E-state index in [4.69, 9.17) is 0 Å². The largest absolute Gasteiger partial charge is 0.370 e. The van der Waals surface area contributed by atoms with Gasteiger partial charge in [-0.3, -0.25) is 4.79 Å². The van der Waals surface area contributed by atoms with Crippen LogP contribution >= 0.6 is 0 Å². The summed E-state index contributed by atoms with van der Waals surface area (Å²) in [6.07, 6.45) is 5.11. The lowest BCUT2D eigenvalue weighted by atomic mass is 10.1. The van der Waals surface area contributed by atoms with Crippen molar-refractivity contribution in [3.63, 3.8) is 0 Å². The van der Waals surface area contributed by atoms with Crippen molar-refractivity contribution in [3.8, 4) is 0 Å². The Hall–Kier alpha value is -1.58. The van der Waals surface area contributed by atoms with Crippen molar-refractivity contribution in [1.82, 2.24) is 10.3 Å². The van der Waals surface area contributed by atoms with E-state index in [9.17, 15) is 4.79 Å². The first-order valence-electron chi connectivity index (χ1n) is 6.61. The molecule has 0 bridgehead atoms. The van der Waals surface area contributed by atoms with Crippen molar-refractivity contribution in [3.05, 3.63) is 23.9 Å². The molecule has 0 radical (unpaired) electrons. The number of pyridine rings is 1. The Bertz CT molecular complexity index is 410. The molecule has 0 unspecified atom stereocenters. The summed E-state index contributed by atoms with van der Waals surface area (Å²) < 4.78 is 0. The van der Waals surface area contributed by atoms with E-state index in [2.05, 4.69) is 29.5 Å². The molecular weight excluding hydrogens is 226 g/mol. The zero-order chi connectivity index (χ0) is 13.0. The van der Waals surface area contributed by atoms with Crippen LogP contribution in [0, 0.1) is 5.41 Å². The fraction of sp³-hybridized carbons (Fsp3) is 0.571. The van der Waals surface area contributed by atoms with Crippen LogP contribution in [-0.4, -0.2) is 24.0 Å². The molecule has 0 saturated heterocycles. The molecule has 1 heterocycles. The van der Waals surface area contributed by atoms with Gasteiger partial charge in [0.2, 0.25) is 0 Å². The number of nitrogens with zero attached hydrogens (tertiary/aromatic N) is 1. The van der Waals surface area contributed by atoms with Gasteiger partial charge in [-0.25, -0.2) is 4.98 Å². The van der Waals surface area contributed by atoms with E-state index in [-0.39, 0.29) is 5.91 Å². The zero-order valence-corrected chi connectivity index (χ0v) is 11.1. The topological polar surface area (TPSA) is 54.0 Å². The lowest BCUT2D eigenvalue weighted by molar-refractivity contribution is 0.0946. The predicted molar refractivity (Wildman–Crippen MR) is 72.7 cm³/mol. The average molecular weight is 247 g/mol.